The summed E-state index contributed by atoms with van der Waals surface area (Å²) in [5.41, 5.74) is 5.59. The lowest BCUT2D eigenvalue weighted by atomic mass is 10.1. The molecule has 7 heteroatoms. The monoisotopic (exact) mass is 288 g/mol. The molecule has 0 saturated carbocycles. The van der Waals surface area contributed by atoms with Crippen LogP contribution in [-0.4, -0.2) is 54.0 Å². The molecule has 0 amide bonds. The number of ether oxygens (including phenoxy) is 1. The number of hydrogen-bond donors (Lipinski definition) is 4. The number of carboxylic acids is 1. The Balaban J connectivity index is 3.98. The van der Waals surface area contributed by atoms with Gasteiger partial charge in [0, 0.05) is 12.1 Å². The lowest BCUT2D eigenvalue weighted by molar-refractivity contribution is -0.143. The number of nitrogens with two attached hydrogens (primary N) is 1. The molecule has 0 aromatic carbocycles. The summed E-state index contributed by atoms with van der Waals surface area (Å²) in [7, 11) is 0. The van der Waals surface area contributed by atoms with E-state index >= 15 is 0 Å². The average Bonchev–Trinajstić information content (AvgIpc) is 2.39. The fraction of sp³-hybridized carbons (Fsp3) is 0.692. The maximum atomic E-state index is 11.1. The van der Waals surface area contributed by atoms with Crippen LogP contribution in [0.25, 0.3) is 0 Å². The number of esters is 1. The zero-order valence-corrected chi connectivity index (χ0v) is 11.8. The number of nitrogens with one attached hydrogen (secondary N) is 1. The molecule has 0 aliphatic carbocycles. The van der Waals surface area contributed by atoms with E-state index in [1.54, 1.807) is 0 Å². The van der Waals surface area contributed by atoms with Crippen molar-refractivity contribution in [3.63, 3.8) is 0 Å². The third kappa shape index (κ3) is 8.63. The molecule has 7 nitrogen and oxygen atoms in total. The molecule has 0 fully saturated rings. The summed E-state index contributed by atoms with van der Waals surface area (Å²) in [5, 5.41) is 21.3. The number of unbranched alkanes of at least 4 members (excludes halogenated alkanes) is 1. The van der Waals surface area contributed by atoms with E-state index in [9.17, 15) is 14.7 Å². The fourth-order valence-corrected chi connectivity index (χ4v) is 1.44. The smallest absolute Gasteiger partial charge is 0.333 e. The third-order valence-corrected chi connectivity index (χ3v) is 2.60. The van der Waals surface area contributed by atoms with Crippen molar-refractivity contribution in [2.24, 2.45) is 5.73 Å². The Labute approximate surface area is 118 Å². The van der Waals surface area contributed by atoms with Crippen LogP contribution in [0.1, 0.15) is 26.2 Å². The number of aliphatic carboxylic acids is 1. The van der Waals surface area contributed by atoms with E-state index in [-0.39, 0.29) is 18.7 Å². The van der Waals surface area contributed by atoms with E-state index in [4.69, 9.17) is 15.6 Å². The normalized spacial score (nSPS) is 13.6. The first-order chi connectivity index (χ1) is 9.38. The molecule has 0 spiro atoms. The standard InChI is InChI=1S/C13H24N2O5/c1-9(2)13(19)20-8-10(16)7-15-11(12(17)18)5-3-4-6-14/h10-11,15-16H,1,3-8,14H2,2H3,(H,17,18)/t10?,11-/m0/s1. The van der Waals surface area contributed by atoms with Crippen LogP contribution < -0.4 is 11.1 Å². The molecule has 0 aliphatic rings. The first-order valence-electron chi connectivity index (χ1n) is 6.55. The van der Waals surface area contributed by atoms with E-state index in [0.29, 0.717) is 19.4 Å². The number of carboxylic acid groups (broad SMARTS) is 1. The highest BCUT2D eigenvalue weighted by Crippen LogP contribution is 2.01. The summed E-state index contributed by atoms with van der Waals surface area (Å²) < 4.78 is 4.76. The lowest BCUT2D eigenvalue weighted by Gasteiger charge is -2.17. The second-order valence-electron chi connectivity index (χ2n) is 4.62. The molecule has 0 saturated heterocycles. The minimum Gasteiger partial charge on any atom is -0.480 e. The molecular weight excluding hydrogens is 264 g/mol. The van der Waals surface area contributed by atoms with Crippen molar-refractivity contribution in [1.29, 1.82) is 0 Å². The topological polar surface area (TPSA) is 122 Å². The second-order valence-corrected chi connectivity index (χ2v) is 4.62. The summed E-state index contributed by atoms with van der Waals surface area (Å²) in [6, 6.07) is -0.743. The highest BCUT2D eigenvalue weighted by atomic mass is 16.5. The zero-order chi connectivity index (χ0) is 15.5. The van der Waals surface area contributed by atoms with Crippen molar-refractivity contribution < 1.29 is 24.5 Å². The molecule has 0 bridgehead atoms. The summed E-state index contributed by atoms with van der Waals surface area (Å²) in [5.74, 6) is -1.56. The van der Waals surface area contributed by atoms with Crippen LogP contribution in [0.5, 0.6) is 0 Å². The molecule has 1 unspecified atom stereocenters. The average molecular weight is 288 g/mol. The van der Waals surface area contributed by atoms with E-state index in [0.717, 1.165) is 6.42 Å². The summed E-state index contributed by atoms with van der Waals surface area (Å²) in [6.45, 7) is 5.27. The van der Waals surface area contributed by atoms with Gasteiger partial charge in [-0.15, -0.1) is 0 Å². The first kappa shape index (κ1) is 18.6. The van der Waals surface area contributed by atoms with E-state index in [2.05, 4.69) is 11.9 Å². The van der Waals surface area contributed by atoms with Crippen LogP contribution in [0.2, 0.25) is 0 Å². The molecular formula is C13H24N2O5. The summed E-state index contributed by atoms with van der Waals surface area (Å²) in [4.78, 5) is 22.1. The maximum absolute atomic E-state index is 11.1. The van der Waals surface area contributed by atoms with Crippen LogP contribution in [0.3, 0.4) is 0 Å². The maximum Gasteiger partial charge on any atom is 0.333 e. The van der Waals surface area contributed by atoms with Gasteiger partial charge in [0.25, 0.3) is 0 Å². The van der Waals surface area contributed by atoms with Gasteiger partial charge in [0.15, 0.2) is 0 Å². The molecule has 0 heterocycles. The van der Waals surface area contributed by atoms with Gasteiger partial charge in [-0.1, -0.05) is 13.0 Å². The van der Waals surface area contributed by atoms with Crippen molar-refractivity contribution in [3.8, 4) is 0 Å². The molecule has 0 aliphatic heterocycles. The van der Waals surface area contributed by atoms with Gasteiger partial charge in [-0.05, 0) is 26.3 Å². The molecule has 5 N–H and O–H groups in total. The van der Waals surface area contributed by atoms with Crippen LogP contribution >= 0.6 is 0 Å². The molecule has 2 atom stereocenters. The first-order valence-corrected chi connectivity index (χ1v) is 6.55. The minimum atomic E-state index is -0.979. The number of aliphatic hydroxyl groups is 1. The Morgan fingerprint density at radius 3 is 2.55 bits per heavy atom. The summed E-state index contributed by atoms with van der Waals surface area (Å²) >= 11 is 0. The highest BCUT2D eigenvalue weighted by molar-refractivity contribution is 5.86. The van der Waals surface area contributed by atoms with Gasteiger partial charge in [-0.25, -0.2) is 4.79 Å². The zero-order valence-electron chi connectivity index (χ0n) is 11.8. The molecule has 0 aromatic rings. The molecule has 116 valence electrons. The number of carbonyl (C=O) groups is 2. The number of rotatable bonds is 11. The van der Waals surface area contributed by atoms with Crippen molar-refractivity contribution in [2.75, 3.05) is 19.7 Å². The van der Waals surface area contributed by atoms with Gasteiger partial charge in [0.1, 0.15) is 18.8 Å². The Hall–Kier alpha value is -1.44. The van der Waals surface area contributed by atoms with Crippen molar-refractivity contribution in [2.45, 2.75) is 38.3 Å². The Bertz CT molecular complexity index is 333. The molecule has 20 heavy (non-hydrogen) atoms. The van der Waals surface area contributed by atoms with Gasteiger partial charge in [0.2, 0.25) is 0 Å². The fourth-order valence-electron chi connectivity index (χ4n) is 1.44. The number of hydrogen-bond acceptors (Lipinski definition) is 6. The number of aliphatic hydroxyl groups excluding tert-OH is 1. The second kappa shape index (κ2) is 10.4. The third-order valence-electron chi connectivity index (χ3n) is 2.60. The Morgan fingerprint density at radius 1 is 1.40 bits per heavy atom. The van der Waals surface area contributed by atoms with Gasteiger partial charge < -0.3 is 26.0 Å². The van der Waals surface area contributed by atoms with Gasteiger partial charge in [0.05, 0.1) is 0 Å². The van der Waals surface area contributed by atoms with Crippen LogP contribution in [-0.2, 0) is 14.3 Å². The number of carbonyl (C=O) groups excluding carboxylic acids is 1. The van der Waals surface area contributed by atoms with Crippen LogP contribution in [0.15, 0.2) is 12.2 Å². The molecule has 0 rings (SSSR count). The van der Waals surface area contributed by atoms with Crippen LogP contribution in [0, 0.1) is 0 Å². The van der Waals surface area contributed by atoms with E-state index in [1.807, 2.05) is 0 Å². The van der Waals surface area contributed by atoms with Gasteiger partial charge >= 0.3 is 11.9 Å². The van der Waals surface area contributed by atoms with Gasteiger partial charge in [-0.2, -0.15) is 0 Å². The summed E-state index contributed by atoms with van der Waals surface area (Å²) in [6.07, 6.45) is 0.922. The van der Waals surface area contributed by atoms with Crippen molar-refractivity contribution in [1.82, 2.24) is 5.32 Å². The van der Waals surface area contributed by atoms with Crippen molar-refractivity contribution >= 4 is 11.9 Å². The van der Waals surface area contributed by atoms with E-state index in [1.165, 1.54) is 6.92 Å². The lowest BCUT2D eigenvalue weighted by Crippen LogP contribution is -2.42. The van der Waals surface area contributed by atoms with E-state index < -0.39 is 24.1 Å². The Morgan fingerprint density at radius 2 is 2.05 bits per heavy atom. The molecule has 0 aromatic heterocycles. The minimum absolute atomic E-state index is 0.0308. The molecule has 0 radical (unpaired) electrons. The SMILES string of the molecule is C=C(C)C(=O)OCC(O)CN[C@@H](CCCCN)C(=O)O. The predicted molar refractivity (Wildman–Crippen MR) is 74.1 cm³/mol. The highest BCUT2D eigenvalue weighted by Gasteiger charge is 2.18. The van der Waals surface area contributed by atoms with Crippen molar-refractivity contribution in [3.05, 3.63) is 12.2 Å². The Kier molecular flexibility index (Phi) is 9.61. The largest absolute Gasteiger partial charge is 0.480 e. The van der Waals surface area contributed by atoms with Gasteiger partial charge in [-0.3, -0.25) is 4.79 Å². The van der Waals surface area contributed by atoms with Crippen LogP contribution in [0.4, 0.5) is 0 Å². The quantitative estimate of drug-likeness (QED) is 0.232. The predicted octanol–water partition coefficient (Wildman–Crippen LogP) is -0.362.